The molecule has 0 amide bonds. The lowest BCUT2D eigenvalue weighted by molar-refractivity contribution is -0.138. The fourth-order valence-electron chi connectivity index (χ4n) is 1.14. The first-order chi connectivity index (χ1) is 7.04. The molecule has 1 rings (SSSR count). The van der Waals surface area contributed by atoms with E-state index in [1.165, 1.54) is 12.1 Å². The van der Waals surface area contributed by atoms with E-state index in [0.717, 1.165) is 0 Å². The van der Waals surface area contributed by atoms with Crippen LogP contribution in [-0.2, 0) is 11.2 Å². The molecule has 0 saturated carbocycles. The Morgan fingerprint density at radius 1 is 1.60 bits per heavy atom. The Bertz CT molecular complexity index is 392. The lowest BCUT2D eigenvalue weighted by Gasteiger charge is -2.06. The molecule has 0 aliphatic rings. The molecule has 1 atom stereocenters. The van der Waals surface area contributed by atoms with Crippen LogP contribution in [0.1, 0.15) is 5.56 Å². The van der Waals surface area contributed by atoms with E-state index in [-0.39, 0.29) is 17.9 Å². The maximum Gasteiger partial charge on any atom is 0.330 e. The van der Waals surface area contributed by atoms with Crippen molar-refractivity contribution in [1.29, 1.82) is 5.53 Å². The molecule has 15 heavy (non-hydrogen) atoms. The maximum atomic E-state index is 10.6. The number of nitrogens with one attached hydrogen (secondary N) is 1. The summed E-state index contributed by atoms with van der Waals surface area (Å²) in [6.07, 6.45) is 0.0866. The van der Waals surface area contributed by atoms with Crippen molar-refractivity contribution in [2.24, 2.45) is 5.11 Å². The van der Waals surface area contributed by atoms with Gasteiger partial charge in [0.25, 0.3) is 0 Å². The van der Waals surface area contributed by atoms with E-state index < -0.39 is 12.0 Å². The van der Waals surface area contributed by atoms with Gasteiger partial charge in [0.05, 0.1) is 5.69 Å². The lowest BCUT2D eigenvalue weighted by Crippen LogP contribution is -2.19. The second-order valence-electron chi connectivity index (χ2n) is 3.08. The molecule has 1 aromatic rings. The van der Waals surface area contributed by atoms with E-state index in [1.807, 2.05) is 0 Å². The van der Waals surface area contributed by atoms with Gasteiger partial charge in [-0.25, -0.2) is 10.3 Å². The molecule has 0 radical (unpaired) electrons. The number of carboxylic acid groups (broad SMARTS) is 1. The van der Waals surface area contributed by atoms with Crippen LogP contribution >= 0.6 is 0 Å². The summed E-state index contributed by atoms with van der Waals surface area (Å²) in [5, 5.41) is 20.8. The Morgan fingerprint density at radius 2 is 2.27 bits per heavy atom. The number of nitrogens with two attached hydrogens (primary N) is 1. The van der Waals surface area contributed by atoms with Crippen LogP contribution in [0.25, 0.3) is 0 Å². The standard InChI is InChI=1S/C9H11N3O3/c10-6-3-5(1-2-8(6)13)4-7(12-11)9(14)15/h1-3,7,11,13H,4,10H2,(H,14,15). The molecular formula is C9H11N3O3. The predicted molar refractivity (Wildman–Crippen MR) is 52.8 cm³/mol. The number of anilines is 1. The summed E-state index contributed by atoms with van der Waals surface area (Å²) in [6, 6.07) is 3.30. The van der Waals surface area contributed by atoms with Gasteiger partial charge in [0.2, 0.25) is 0 Å². The van der Waals surface area contributed by atoms with Crippen LogP contribution in [0.15, 0.2) is 23.3 Å². The minimum absolute atomic E-state index is 0.0477. The third kappa shape index (κ3) is 2.67. The predicted octanol–water partition coefficient (Wildman–Crippen LogP) is 1.00. The quantitative estimate of drug-likeness (QED) is 0.336. The van der Waals surface area contributed by atoms with Crippen LogP contribution in [0.3, 0.4) is 0 Å². The van der Waals surface area contributed by atoms with Gasteiger partial charge in [-0.2, -0.15) is 5.11 Å². The van der Waals surface area contributed by atoms with Gasteiger partial charge < -0.3 is 15.9 Å². The van der Waals surface area contributed by atoms with Crippen LogP contribution < -0.4 is 5.73 Å². The number of aliphatic carboxylic acids is 1. The minimum Gasteiger partial charge on any atom is -0.506 e. The molecule has 0 aliphatic heterocycles. The van der Waals surface area contributed by atoms with Crippen LogP contribution in [-0.4, -0.2) is 22.2 Å². The fraction of sp³-hybridized carbons (Fsp3) is 0.222. The number of carbonyl (C=O) groups is 1. The van der Waals surface area contributed by atoms with Gasteiger partial charge in [0, 0.05) is 6.42 Å². The number of hydrogen-bond donors (Lipinski definition) is 4. The summed E-state index contributed by atoms with van der Waals surface area (Å²) in [7, 11) is 0. The van der Waals surface area contributed by atoms with E-state index in [1.54, 1.807) is 6.07 Å². The van der Waals surface area contributed by atoms with Crippen LogP contribution in [0.4, 0.5) is 5.69 Å². The minimum atomic E-state index is -1.16. The number of nitrogen functional groups attached to an aromatic ring is 1. The van der Waals surface area contributed by atoms with Crippen LogP contribution in [0, 0.1) is 5.53 Å². The largest absolute Gasteiger partial charge is 0.506 e. The van der Waals surface area contributed by atoms with Gasteiger partial charge >= 0.3 is 5.97 Å². The molecule has 0 aromatic heterocycles. The molecule has 0 aliphatic carbocycles. The molecule has 0 bridgehead atoms. The highest BCUT2D eigenvalue weighted by atomic mass is 16.4. The number of phenolic OH excluding ortho intramolecular Hbond substituents is 1. The zero-order chi connectivity index (χ0) is 11.4. The van der Waals surface area contributed by atoms with Crippen molar-refractivity contribution in [2.75, 3.05) is 5.73 Å². The van der Waals surface area contributed by atoms with E-state index in [4.69, 9.17) is 21.5 Å². The highest BCUT2D eigenvalue weighted by Crippen LogP contribution is 2.21. The van der Waals surface area contributed by atoms with E-state index in [2.05, 4.69) is 5.11 Å². The number of hydrogen-bond acceptors (Lipinski definition) is 5. The Kier molecular flexibility index (Phi) is 3.22. The highest BCUT2D eigenvalue weighted by Gasteiger charge is 2.16. The zero-order valence-electron chi connectivity index (χ0n) is 7.84. The number of phenols is 1. The first-order valence-corrected chi connectivity index (χ1v) is 4.21. The van der Waals surface area contributed by atoms with Crippen molar-refractivity contribution in [3.63, 3.8) is 0 Å². The summed E-state index contributed by atoms with van der Waals surface area (Å²) >= 11 is 0. The third-order valence-electron chi connectivity index (χ3n) is 1.96. The molecule has 1 aromatic carbocycles. The van der Waals surface area contributed by atoms with Gasteiger partial charge in [-0.15, -0.1) is 0 Å². The van der Waals surface area contributed by atoms with Crippen molar-refractivity contribution in [1.82, 2.24) is 0 Å². The molecule has 6 nitrogen and oxygen atoms in total. The summed E-state index contributed by atoms with van der Waals surface area (Å²) in [5.74, 6) is -1.20. The monoisotopic (exact) mass is 209 g/mol. The molecule has 0 fully saturated rings. The Hall–Kier alpha value is -2.11. The average Bonchev–Trinajstić information content (AvgIpc) is 2.19. The highest BCUT2D eigenvalue weighted by molar-refractivity contribution is 5.74. The van der Waals surface area contributed by atoms with Crippen molar-refractivity contribution in [2.45, 2.75) is 12.5 Å². The maximum absolute atomic E-state index is 10.6. The number of nitrogens with zero attached hydrogens (tertiary/aromatic N) is 1. The molecule has 1 unspecified atom stereocenters. The molecule has 0 spiro atoms. The molecule has 0 heterocycles. The first-order valence-electron chi connectivity index (χ1n) is 4.21. The van der Waals surface area contributed by atoms with Gasteiger partial charge in [-0.1, -0.05) is 6.07 Å². The van der Waals surface area contributed by atoms with Crippen molar-refractivity contribution >= 4 is 11.7 Å². The summed E-state index contributed by atoms with van der Waals surface area (Å²) in [4.78, 5) is 10.6. The fourth-order valence-corrected chi connectivity index (χ4v) is 1.14. The van der Waals surface area contributed by atoms with Gasteiger partial charge in [0.15, 0.2) is 6.04 Å². The number of rotatable bonds is 4. The number of benzene rings is 1. The topological polar surface area (TPSA) is 120 Å². The molecule has 80 valence electrons. The average molecular weight is 209 g/mol. The molecule has 5 N–H and O–H groups in total. The summed E-state index contributed by atoms with van der Waals surface area (Å²) < 4.78 is 0. The molecule has 6 heteroatoms. The Labute approximate surface area is 85.9 Å². The molecule has 0 saturated heterocycles. The van der Waals surface area contributed by atoms with Crippen LogP contribution in [0.5, 0.6) is 5.75 Å². The third-order valence-corrected chi connectivity index (χ3v) is 1.96. The number of carboxylic acids is 1. The lowest BCUT2D eigenvalue weighted by atomic mass is 10.1. The molecular weight excluding hydrogens is 198 g/mol. The zero-order valence-corrected chi connectivity index (χ0v) is 7.84. The van der Waals surface area contributed by atoms with Crippen molar-refractivity contribution < 1.29 is 15.0 Å². The SMILES string of the molecule is N=NC(Cc1ccc(O)c(N)c1)C(=O)O. The normalized spacial score (nSPS) is 12.0. The second kappa shape index (κ2) is 4.41. The van der Waals surface area contributed by atoms with Gasteiger partial charge in [0.1, 0.15) is 5.75 Å². The first kappa shape index (κ1) is 11.0. The van der Waals surface area contributed by atoms with E-state index in [0.29, 0.717) is 5.56 Å². The van der Waals surface area contributed by atoms with Crippen molar-refractivity contribution in [3.05, 3.63) is 23.8 Å². The second-order valence-corrected chi connectivity index (χ2v) is 3.08. The van der Waals surface area contributed by atoms with Gasteiger partial charge in [-0.3, -0.25) is 0 Å². The van der Waals surface area contributed by atoms with E-state index >= 15 is 0 Å². The van der Waals surface area contributed by atoms with Gasteiger partial charge in [-0.05, 0) is 17.7 Å². The summed E-state index contributed by atoms with van der Waals surface area (Å²) in [6.45, 7) is 0. The van der Waals surface area contributed by atoms with Crippen LogP contribution in [0.2, 0.25) is 0 Å². The smallest absolute Gasteiger partial charge is 0.330 e. The summed E-state index contributed by atoms with van der Waals surface area (Å²) in [5.41, 5.74) is 12.9. The Balaban J connectivity index is 2.84. The van der Waals surface area contributed by atoms with E-state index in [9.17, 15) is 4.79 Å². The number of aromatic hydroxyl groups is 1. The van der Waals surface area contributed by atoms with Crippen molar-refractivity contribution in [3.8, 4) is 5.75 Å². The Morgan fingerprint density at radius 3 is 2.73 bits per heavy atom.